The molecule has 2 aliphatic rings. The Balaban J connectivity index is 1.59. The fourth-order valence-corrected chi connectivity index (χ4v) is 6.45. The Morgan fingerprint density at radius 2 is 1.81 bits per heavy atom. The number of anilines is 2. The smallest absolute Gasteiger partial charge is 0.255 e. The van der Waals surface area contributed by atoms with Crippen molar-refractivity contribution in [3.05, 3.63) is 53.1 Å². The van der Waals surface area contributed by atoms with Gasteiger partial charge in [-0.2, -0.15) is 4.31 Å². The van der Waals surface area contributed by atoms with Crippen LogP contribution in [0, 0.1) is 5.92 Å². The third-order valence-corrected chi connectivity index (χ3v) is 8.38. The number of benzene rings is 2. The van der Waals surface area contributed by atoms with Crippen LogP contribution < -0.4 is 10.2 Å². The number of piperidine rings is 1. The van der Waals surface area contributed by atoms with E-state index in [4.69, 9.17) is 11.6 Å². The molecule has 1 atom stereocenters. The molecule has 0 radical (unpaired) electrons. The maximum Gasteiger partial charge on any atom is 0.255 e. The summed E-state index contributed by atoms with van der Waals surface area (Å²) in [5.41, 5.74) is 1.97. The Hall–Kier alpha value is -2.09. The fourth-order valence-electron chi connectivity index (χ4n) is 4.35. The lowest BCUT2D eigenvalue weighted by molar-refractivity contribution is 0.102. The van der Waals surface area contributed by atoms with Crippen LogP contribution in [0.2, 0.25) is 5.02 Å². The maximum absolute atomic E-state index is 13.2. The predicted molar refractivity (Wildman–Crippen MR) is 124 cm³/mol. The molecule has 0 aromatic heterocycles. The summed E-state index contributed by atoms with van der Waals surface area (Å²) in [5, 5.41) is 3.09. The summed E-state index contributed by atoms with van der Waals surface area (Å²) in [6, 6.07) is 12.1. The molecule has 4 rings (SSSR count). The molecule has 2 aliphatic heterocycles. The zero-order chi connectivity index (χ0) is 22.0. The lowest BCUT2D eigenvalue weighted by Gasteiger charge is -2.30. The van der Waals surface area contributed by atoms with E-state index in [-0.39, 0.29) is 21.4 Å². The van der Waals surface area contributed by atoms with Crippen LogP contribution >= 0.6 is 11.6 Å². The van der Waals surface area contributed by atoms with E-state index < -0.39 is 10.0 Å². The van der Waals surface area contributed by atoms with E-state index in [1.54, 1.807) is 6.07 Å². The van der Waals surface area contributed by atoms with Crippen molar-refractivity contribution in [2.24, 2.45) is 5.92 Å². The summed E-state index contributed by atoms with van der Waals surface area (Å²) in [6.45, 7) is 4.92. The highest BCUT2D eigenvalue weighted by Gasteiger charge is 2.31. The number of nitrogens with one attached hydrogen (secondary N) is 1. The van der Waals surface area contributed by atoms with Crippen LogP contribution in [0.1, 0.15) is 43.0 Å². The highest BCUT2D eigenvalue weighted by Crippen LogP contribution is 2.31. The van der Waals surface area contributed by atoms with Gasteiger partial charge in [-0.1, -0.05) is 30.7 Å². The van der Waals surface area contributed by atoms with Crippen LogP contribution in [0.15, 0.2) is 47.4 Å². The molecule has 0 aliphatic carbocycles. The number of carbonyl (C=O) groups excluding carboxylic acids is 1. The first-order valence-electron chi connectivity index (χ1n) is 10.8. The van der Waals surface area contributed by atoms with Gasteiger partial charge in [-0.05, 0) is 61.9 Å². The molecule has 0 spiro atoms. The van der Waals surface area contributed by atoms with E-state index in [1.165, 1.54) is 16.4 Å². The van der Waals surface area contributed by atoms with Gasteiger partial charge in [0.2, 0.25) is 10.0 Å². The van der Waals surface area contributed by atoms with Crippen LogP contribution in [-0.4, -0.2) is 44.8 Å². The molecule has 1 unspecified atom stereocenters. The lowest BCUT2D eigenvalue weighted by atomic mass is 10.0. The minimum absolute atomic E-state index is 0.0104. The number of carbonyl (C=O) groups is 1. The van der Waals surface area contributed by atoms with Gasteiger partial charge in [-0.25, -0.2) is 8.42 Å². The van der Waals surface area contributed by atoms with Gasteiger partial charge in [-0.15, -0.1) is 0 Å². The first-order chi connectivity index (χ1) is 14.9. The number of nitrogens with zero attached hydrogens (tertiary/aromatic N) is 2. The molecule has 31 heavy (non-hydrogen) atoms. The zero-order valence-corrected chi connectivity index (χ0v) is 19.3. The van der Waals surface area contributed by atoms with Gasteiger partial charge >= 0.3 is 0 Å². The van der Waals surface area contributed by atoms with E-state index >= 15 is 0 Å². The van der Waals surface area contributed by atoms with Crippen molar-refractivity contribution in [3.63, 3.8) is 0 Å². The quantitative estimate of drug-likeness (QED) is 0.705. The zero-order valence-electron chi connectivity index (χ0n) is 17.7. The van der Waals surface area contributed by atoms with Crippen molar-refractivity contribution >= 4 is 38.9 Å². The second-order valence-corrected chi connectivity index (χ2v) is 10.7. The fraction of sp³-hybridized carbons (Fsp3) is 0.435. The van der Waals surface area contributed by atoms with Gasteiger partial charge in [0.1, 0.15) is 4.90 Å². The highest BCUT2D eigenvalue weighted by molar-refractivity contribution is 7.89. The van der Waals surface area contributed by atoms with Crippen LogP contribution in [0.3, 0.4) is 0 Å². The van der Waals surface area contributed by atoms with E-state index in [0.717, 1.165) is 50.1 Å². The number of hydrogen-bond acceptors (Lipinski definition) is 4. The Morgan fingerprint density at radius 3 is 2.55 bits per heavy atom. The van der Waals surface area contributed by atoms with Crippen molar-refractivity contribution in [3.8, 4) is 0 Å². The molecule has 2 heterocycles. The summed E-state index contributed by atoms with van der Waals surface area (Å²) in [6.07, 6.45) is 4.11. The number of sulfonamides is 1. The van der Waals surface area contributed by atoms with E-state index in [2.05, 4.69) is 10.2 Å². The van der Waals surface area contributed by atoms with Gasteiger partial charge < -0.3 is 10.2 Å². The predicted octanol–water partition coefficient (Wildman–Crippen LogP) is 4.61. The van der Waals surface area contributed by atoms with Crippen molar-refractivity contribution in [2.45, 2.75) is 37.5 Å². The molecular weight excluding hydrogens is 434 g/mol. The Morgan fingerprint density at radius 1 is 1.06 bits per heavy atom. The SMILES string of the molecule is CC1CCCN(S(=O)(=O)c2cc(C(=O)Nc3ccccc3N3CCCC3)ccc2Cl)C1. The van der Waals surface area contributed by atoms with Crippen LogP contribution in [0.4, 0.5) is 11.4 Å². The number of para-hydroxylation sites is 2. The number of halogens is 1. The first kappa shape index (κ1) is 22.1. The van der Waals surface area contributed by atoms with E-state index in [0.29, 0.717) is 19.0 Å². The summed E-state index contributed by atoms with van der Waals surface area (Å²) in [7, 11) is -3.76. The van der Waals surface area contributed by atoms with E-state index in [1.807, 2.05) is 31.2 Å². The summed E-state index contributed by atoms with van der Waals surface area (Å²) in [5.74, 6) is -0.0531. The maximum atomic E-state index is 13.2. The molecule has 2 fully saturated rings. The van der Waals surface area contributed by atoms with Crippen molar-refractivity contribution in [2.75, 3.05) is 36.4 Å². The molecule has 1 N–H and O–H groups in total. The van der Waals surface area contributed by atoms with Gasteiger partial charge in [0.25, 0.3) is 5.91 Å². The monoisotopic (exact) mass is 461 g/mol. The van der Waals surface area contributed by atoms with Crippen molar-refractivity contribution in [1.29, 1.82) is 0 Å². The van der Waals surface area contributed by atoms with E-state index in [9.17, 15) is 13.2 Å². The Bertz CT molecular complexity index is 1070. The number of amides is 1. The molecule has 1 amide bonds. The average molecular weight is 462 g/mol. The molecule has 0 saturated carbocycles. The second-order valence-electron chi connectivity index (χ2n) is 8.42. The van der Waals surface area contributed by atoms with Crippen molar-refractivity contribution in [1.82, 2.24) is 4.31 Å². The van der Waals surface area contributed by atoms with Crippen LogP contribution in [0.25, 0.3) is 0 Å². The minimum Gasteiger partial charge on any atom is -0.370 e. The minimum atomic E-state index is -3.76. The first-order valence-corrected chi connectivity index (χ1v) is 12.6. The molecule has 2 aromatic carbocycles. The third kappa shape index (κ3) is 4.73. The molecule has 8 heteroatoms. The standard InChI is InChI=1S/C23H28ClN3O3S/c1-17-7-6-14-27(16-17)31(29,30)22-15-18(10-11-19(22)24)23(28)25-20-8-2-3-9-21(20)26-12-4-5-13-26/h2-3,8-11,15,17H,4-7,12-14,16H2,1H3,(H,25,28). The largest absolute Gasteiger partial charge is 0.370 e. The average Bonchev–Trinajstić information content (AvgIpc) is 3.29. The molecule has 6 nitrogen and oxygen atoms in total. The second kappa shape index (κ2) is 9.18. The molecule has 2 aromatic rings. The summed E-state index contributed by atoms with van der Waals surface area (Å²) in [4.78, 5) is 15.3. The summed E-state index contributed by atoms with van der Waals surface area (Å²) >= 11 is 6.27. The molecule has 2 saturated heterocycles. The van der Waals surface area contributed by atoms with Gasteiger partial charge in [0.15, 0.2) is 0 Å². The van der Waals surface area contributed by atoms with Gasteiger partial charge in [-0.3, -0.25) is 4.79 Å². The highest BCUT2D eigenvalue weighted by atomic mass is 35.5. The van der Waals surface area contributed by atoms with Crippen molar-refractivity contribution < 1.29 is 13.2 Å². The molecular formula is C23H28ClN3O3S. The Labute approximate surface area is 189 Å². The Kier molecular flexibility index (Phi) is 6.55. The van der Waals surface area contributed by atoms with Crippen LogP contribution in [0.5, 0.6) is 0 Å². The molecule has 166 valence electrons. The van der Waals surface area contributed by atoms with Crippen LogP contribution in [-0.2, 0) is 10.0 Å². The number of rotatable bonds is 5. The van der Waals surface area contributed by atoms with Gasteiger partial charge in [0.05, 0.1) is 16.4 Å². The normalized spacial score (nSPS) is 20.1. The molecule has 0 bridgehead atoms. The number of hydrogen-bond donors (Lipinski definition) is 1. The lowest BCUT2D eigenvalue weighted by Crippen LogP contribution is -2.39. The summed E-state index contributed by atoms with van der Waals surface area (Å²) < 4.78 is 27.9. The topological polar surface area (TPSA) is 69.7 Å². The third-order valence-electron chi connectivity index (χ3n) is 6.03. The van der Waals surface area contributed by atoms with Gasteiger partial charge in [0, 0.05) is 31.7 Å².